The van der Waals surface area contributed by atoms with Crippen molar-refractivity contribution in [1.82, 2.24) is 10.2 Å². The van der Waals surface area contributed by atoms with E-state index in [1.807, 2.05) is 11.0 Å². The van der Waals surface area contributed by atoms with Crippen LogP contribution < -0.4 is 14.8 Å². The number of hydrogen-bond acceptors (Lipinski definition) is 4. The fourth-order valence-corrected chi connectivity index (χ4v) is 3.66. The maximum absolute atomic E-state index is 12.8. The lowest BCUT2D eigenvalue weighted by atomic mass is 9.78. The summed E-state index contributed by atoms with van der Waals surface area (Å²) in [5.74, 6) is 1.28. The molecule has 3 rings (SSSR count). The lowest BCUT2D eigenvalue weighted by Crippen LogP contribution is -2.44. The molecule has 1 amide bonds. The van der Waals surface area contributed by atoms with Gasteiger partial charge in [-0.1, -0.05) is 12.7 Å². The molecule has 2 fully saturated rings. The summed E-state index contributed by atoms with van der Waals surface area (Å²) in [5, 5.41) is 3.46. The van der Waals surface area contributed by atoms with E-state index in [0.29, 0.717) is 29.1 Å². The SMILES string of the molecule is C=CCOc1ccc(C(=O)N2CCC3(CCNC3)CC2)cc1OC. The molecule has 0 unspecified atom stereocenters. The van der Waals surface area contributed by atoms with E-state index in [2.05, 4.69) is 11.9 Å². The van der Waals surface area contributed by atoms with Gasteiger partial charge in [0.25, 0.3) is 5.91 Å². The van der Waals surface area contributed by atoms with E-state index >= 15 is 0 Å². The highest BCUT2D eigenvalue weighted by atomic mass is 16.5. The third kappa shape index (κ3) is 3.41. The molecule has 24 heavy (non-hydrogen) atoms. The summed E-state index contributed by atoms with van der Waals surface area (Å²) in [4.78, 5) is 14.8. The van der Waals surface area contributed by atoms with Crippen molar-refractivity contribution in [1.29, 1.82) is 0 Å². The number of likely N-dealkylation sites (tertiary alicyclic amines) is 1. The molecule has 2 aliphatic heterocycles. The van der Waals surface area contributed by atoms with Crippen molar-refractivity contribution in [2.45, 2.75) is 19.3 Å². The lowest BCUT2D eigenvalue weighted by molar-refractivity contribution is 0.0607. The van der Waals surface area contributed by atoms with Crippen LogP contribution in [0.3, 0.4) is 0 Å². The van der Waals surface area contributed by atoms with Crippen LogP contribution in [-0.4, -0.2) is 50.7 Å². The van der Waals surface area contributed by atoms with Gasteiger partial charge in [0.15, 0.2) is 11.5 Å². The van der Waals surface area contributed by atoms with Gasteiger partial charge in [-0.05, 0) is 49.4 Å². The molecule has 1 spiro atoms. The van der Waals surface area contributed by atoms with Crippen LogP contribution in [0.5, 0.6) is 11.5 Å². The van der Waals surface area contributed by atoms with Gasteiger partial charge in [0.2, 0.25) is 0 Å². The van der Waals surface area contributed by atoms with Crippen molar-refractivity contribution in [2.75, 3.05) is 39.9 Å². The average molecular weight is 330 g/mol. The Hall–Kier alpha value is -2.01. The van der Waals surface area contributed by atoms with Gasteiger partial charge >= 0.3 is 0 Å². The Morgan fingerprint density at radius 1 is 1.33 bits per heavy atom. The van der Waals surface area contributed by atoms with Crippen LogP contribution in [0.4, 0.5) is 0 Å². The van der Waals surface area contributed by atoms with Crippen molar-refractivity contribution in [3.8, 4) is 11.5 Å². The molecular weight excluding hydrogens is 304 g/mol. The van der Waals surface area contributed by atoms with E-state index in [1.165, 1.54) is 6.42 Å². The van der Waals surface area contributed by atoms with Gasteiger partial charge in [-0.25, -0.2) is 0 Å². The minimum Gasteiger partial charge on any atom is -0.493 e. The van der Waals surface area contributed by atoms with E-state index in [9.17, 15) is 4.79 Å². The zero-order valence-electron chi connectivity index (χ0n) is 14.3. The van der Waals surface area contributed by atoms with E-state index in [0.717, 1.165) is 39.0 Å². The third-order valence-electron chi connectivity index (χ3n) is 5.21. The largest absolute Gasteiger partial charge is 0.493 e. The molecule has 2 heterocycles. The van der Waals surface area contributed by atoms with E-state index in [-0.39, 0.29) is 5.91 Å². The van der Waals surface area contributed by atoms with E-state index in [4.69, 9.17) is 9.47 Å². The summed E-state index contributed by atoms with van der Waals surface area (Å²) in [7, 11) is 1.59. The molecule has 1 N–H and O–H groups in total. The fourth-order valence-electron chi connectivity index (χ4n) is 3.66. The molecule has 0 atom stereocenters. The molecule has 0 aliphatic carbocycles. The van der Waals surface area contributed by atoms with Crippen LogP contribution in [0.25, 0.3) is 0 Å². The highest BCUT2D eigenvalue weighted by Gasteiger charge is 2.38. The summed E-state index contributed by atoms with van der Waals surface area (Å²) < 4.78 is 10.9. The van der Waals surface area contributed by atoms with Crippen LogP contribution >= 0.6 is 0 Å². The summed E-state index contributed by atoms with van der Waals surface area (Å²) >= 11 is 0. The number of benzene rings is 1. The van der Waals surface area contributed by atoms with Crippen molar-refractivity contribution >= 4 is 5.91 Å². The summed E-state index contributed by atoms with van der Waals surface area (Å²) in [6, 6.07) is 5.37. The van der Waals surface area contributed by atoms with Gasteiger partial charge in [0, 0.05) is 25.2 Å². The van der Waals surface area contributed by atoms with Gasteiger partial charge in [0.1, 0.15) is 6.61 Å². The topological polar surface area (TPSA) is 50.8 Å². The van der Waals surface area contributed by atoms with Crippen LogP contribution in [-0.2, 0) is 0 Å². The smallest absolute Gasteiger partial charge is 0.253 e. The van der Waals surface area contributed by atoms with Crippen LogP contribution in [0.1, 0.15) is 29.6 Å². The van der Waals surface area contributed by atoms with Crippen LogP contribution in [0.15, 0.2) is 30.9 Å². The van der Waals surface area contributed by atoms with Gasteiger partial charge in [-0.3, -0.25) is 4.79 Å². The van der Waals surface area contributed by atoms with E-state index in [1.54, 1.807) is 25.3 Å². The highest BCUT2D eigenvalue weighted by molar-refractivity contribution is 5.95. The van der Waals surface area contributed by atoms with Crippen molar-refractivity contribution < 1.29 is 14.3 Å². The molecule has 2 aliphatic rings. The quantitative estimate of drug-likeness (QED) is 0.843. The maximum atomic E-state index is 12.8. The molecule has 5 nitrogen and oxygen atoms in total. The molecule has 130 valence electrons. The Labute approximate surface area is 143 Å². The Kier molecular flexibility index (Phi) is 5.09. The number of piperidine rings is 1. The number of nitrogens with one attached hydrogen (secondary N) is 1. The summed E-state index contributed by atoms with van der Waals surface area (Å²) in [5.41, 5.74) is 1.06. The normalized spacial score (nSPS) is 19.3. The predicted octanol–water partition coefficient (Wildman–Crippen LogP) is 2.48. The van der Waals surface area contributed by atoms with E-state index < -0.39 is 0 Å². The van der Waals surface area contributed by atoms with Crippen molar-refractivity contribution in [2.24, 2.45) is 5.41 Å². The molecule has 1 aromatic rings. The number of amides is 1. The van der Waals surface area contributed by atoms with Crippen molar-refractivity contribution in [3.63, 3.8) is 0 Å². The number of ether oxygens (including phenoxy) is 2. The average Bonchev–Trinajstić information content (AvgIpc) is 3.08. The van der Waals surface area contributed by atoms with Crippen molar-refractivity contribution in [3.05, 3.63) is 36.4 Å². The van der Waals surface area contributed by atoms with Crippen LogP contribution in [0.2, 0.25) is 0 Å². The minimum absolute atomic E-state index is 0.0735. The van der Waals surface area contributed by atoms with Gasteiger partial charge in [-0.2, -0.15) is 0 Å². The molecule has 2 saturated heterocycles. The molecule has 5 heteroatoms. The molecule has 1 aromatic carbocycles. The number of methoxy groups -OCH3 is 1. The Balaban J connectivity index is 1.67. The fraction of sp³-hybridized carbons (Fsp3) is 0.526. The number of nitrogens with zero attached hydrogens (tertiary/aromatic N) is 1. The summed E-state index contributed by atoms with van der Waals surface area (Å²) in [6.45, 7) is 7.91. The predicted molar refractivity (Wildman–Crippen MR) is 93.7 cm³/mol. The molecular formula is C19H26N2O3. The second-order valence-corrected chi connectivity index (χ2v) is 6.68. The second-order valence-electron chi connectivity index (χ2n) is 6.68. The lowest BCUT2D eigenvalue weighted by Gasteiger charge is -2.39. The second kappa shape index (κ2) is 7.26. The third-order valence-corrected chi connectivity index (χ3v) is 5.21. The van der Waals surface area contributed by atoms with Gasteiger partial charge < -0.3 is 19.7 Å². The monoisotopic (exact) mass is 330 g/mol. The summed E-state index contributed by atoms with van der Waals surface area (Å²) in [6.07, 6.45) is 5.09. The molecule has 0 bridgehead atoms. The molecule has 0 aromatic heterocycles. The zero-order valence-corrected chi connectivity index (χ0v) is 14.3. The standard InChI is InChI=1S/C19H26N2O3/c1-3-12-24-16-5-4-15(13-17(16)23-2)18(22)21-10-7-19(8-11-21)6-9-20-14-19/h3-5,13,20H,1,6-12,14H2,2H3. The zero-order chi connectivity index (χ0) is 17.0. The Bertz CT molecular complexity index is 599. The molecule has 0 saturated carbocycles. The first-order valence-electron chi connectivity index (χ1n) is 8.59. The van der Waals surface area contributed by atoms with Crippen LogP contribution in [0, 0.1) is 5.41 Å². The number of carbonyl (C=O) groups excluding carboxylic acids is 1. The molecule has 0 radical (unpaired) electrons. The Morgan fingerprint density at radius 2 is 2.12 bits per heavy atom. The highest BCUT2D eigenvalue weighted by Crippen LogP contribution is 2.37. The number of hydrogen-bond donors (Lipinski definition) is 1. The minimum atomic E-state index is 0.0735. The first-order chi connectivity index (χ1) is 11.7. The number of carbonyl (C=O) groups is 1. The number of rotatable bonds is 5. The Morgan fingerprint density at radius 3 is 2.75 bits per heavy atom. The van der Waals surface area contributed by atoms with Gasteiger partial charge in [0.05, 0.1) is 7.11 Å². The maximum Gasteiger partial charge on any atom is 0.253 e. The van der Waals surface area contributed by atoms with Gasteiger partial charge in [-0.15, -0.1) is 0 Å². The first-order valence-corrected chi connectivity index (χ1v) is 8.59. The first kappa shape index (κ1) is 16.8.